The maximum Gasteiger partial charge on any atom is 0.417 e. The Labute approximate surface area is 206 Å². The maximum atomic E-state index is 13.4. The first kappa shape index (κ1) is 26.7. The molecular formula is C27H25F4N3O2. The highest BCUT2D eigenvalue weighted by Gasteiger charge is 2.38. The van der Waals surface area contributed by atoms with E-state index in [2.05, 4.69) is 11.1 Å². The Balaban J connectivity index is 1.90. The molecule has 0 bridgehead atoms. The van der Waals surface area contributed by atoms with Gasteiger partial charge in [-0.15, -0.1) is 0 Å². The zero-order valence-electron chi connectivity index (χ0n) is 19.7. The monoisotopic (exact) mass is 499 g/mol. The lowest BCUT2D eigenvalue weighted by atomic mass is 9.77. The Morgan fingerprint density at radius 3 is 2.39 bits per heavy atom. The summed E-state index contributed by atoms with van der Waals surface area (Å²) in [6.45, 7) is 3.35. The second-order valence-corrected chi connectivity index (χ2v) is 8.94. The van der Waals surface area contributed by atoms with Crippen LogP contribution in [-0.2, 0) is 17.4 Å². The highest BCUT2D eigenvalue weighted by Crippen LogP contribution is 2.36. The number of ether oxygens (including phenoxy) is 1. The summed E-state index contributed by atoms with van der Waals surface area (Å²) >= 11 is 0. The van der Waals surface area contributed by atoms with Crippen LogP contribution in [0.25, 0.3) is 0 Å². The lowest BCUT2D eigenvalue weighted by Gasteiger charge is -2.33. The third-order valence-electron chi connectivity index (χ3n) is 6.13. The van der Waals surface area contributed by atoms with Crippen LogP contribution < -0.4 is 10.5 Å². The number of pyridine rings is 1. The fraction of sp³-hybridized carbons (Fsp3) is 0.296. The summed E-state index contributed by atoms with van der Waals surface area (Å²) in [5.74, 6) is -1.81. The molecule has 0 aliphatic carbocycles. The van der Waals surface area contributed by atoms with Crippen LogP contribution in [-0.4, -0.2) is 16.5 Å². The first-order valence-electron chi connectivity index (χ1n) is 11.2. The van der Waals surface area contributed by atoms with Crippen molar-refractivity contribution >= 4 is 5.91 Å². The van der Waals surface area contributed by atoms with Gasteiger partial charge in [0.1, 0.15) is 5.82 Å². The van der Waals surface area contributed by atoms with Crippen molar-refractivity contribution in [1.82, 2.24) is 4.98 Å². The first-order valence-corrected chi connectivity index (χ1v) is 11.2. The van der Waals surface area contributed by atoms with E-state index in [1.807, 2.05) is 13.0 Å². The molecule has 1 aromatic heterocycles. The number of benzene rings is 2. The quantitative estimate of drug-likeness (QED) is 0.378. The third-order valence-corrected chi connectivity index (χ3v) is 6.13. The lowest BCUT2D eigenvalue weighted by molar-refractivity contribution is -0.138. The van der Waals surface area contributed by atoms with Gasteiger partial charge in [0.2, 0.25) is 5.88 Å². The molecule has 0 aliphatic rings. The molecular weight excluding hydrogens is 474 g/mol. The van der Waals surface area contributed by atoms with Crippen molar-refractivity contribution in [1.29, 1.82) is 5.26 Å². The second kappa shape index (κ2) is 10.8. The van der Waals surface area contributed by atoms with Gasteiger partial charge in [-0.1, -0.05) is 31.2 Å². The average Bonchev–Trinajstić information content (AvgIpc) is 2.83. The van der Waals surface area contributed by atoms with E-state index in [1.165, 1.54) is 19.1 Å². The standard InChI is InChI=1S/C27H25F4N3O2/c1-17(14-26(2,25(33)35)36-24-11-8-21(16-34-24)27(29,30)31)23(13-18-6-9-22(28)10-7-18)20-5-3-4-19(12-20)15-32/h3-12,16-17,23H,13-14H2,1-2H3,(H2,33,35). The molecule has 2 N–H and O–H groups in total. The number of nitriles is 1. The van der Waals surface area contributed by atoms with Crippen molar-refractivity contribution in [3.63, 3.8) is 0 Å². The predicted octanol–water partition coefficient (Wildman–Crippen LogP) is 5.79. The first-order chi connectivity index (χ1) is 16.9. The molecule has 1 amide bonds. The number of rotatable bonds is 9. The largest absolute Gasteiger partial charge is 0.461 e. The van der Waals surface area contributed by atoms with Gasteiger partial charge in [0, 0.05) is 12.3 Å². The van der Waals surface area contributed by atoms with E-state index in [0.29, 0.717) is 18.2 Å². The molecule has 0 fully saturated rings. The van der Waals surface area contributed by atoms with Crippen LogP contribution in [0.4, 0.5) is 17.6 Å². The number of carbonyl (C=O) groups excluding carboxylic acids is 1. The molecule has 3 unspecified atom stereocenters. The molecule has 9 heteroatoms. The molecule has 3 rings (SSSR count). The van der Waals surface area contributed by atoms with Gasteiger partial charge < -0.3 is 10.5 Å². The normalized spacial score (nSPS) is 14.8. The van der Waals surface area contributed by atoms with Gasteiger partial charge >= 0.3 is 6.18 Å². The summed E-state index contributed by atoms with van der Waals surface area (Å²) in [4.78, 5) is 16.1. The van der Waals surface area contributed by atoms with E-state index >= 15 is 0 Å². The van der Waals surface area contributed by atoms with Crippen LogP contribution in [0, 0.1) is 23.1 Å². The van der Waals surface area contributed by atoms with Crippen molar-refractivity contribution in [2.45, 2.75) is 44.4 Å². The molecule has 3 aromatic rings. The Morgan fingerprint density at radius 2 is 1.83 bits per heavy atom. The minimum atomic E-state index is -4.56. The van der Waals surface area contributed by atoms with Gasteiger partial charge in [0.15, 0.2) is 5.60 Å². The van der Waals surface area contributed by atoms with Crippen LogP contribution in [0.5, 0.6) is 5.88 Å². The van der Waals surface area contributed by atoms with E-state index < -0.39 is 23.2 Å². The SMILES string of the molecule is CC(CC(C)(Oc1ccc(C(F)(F)F)cn1)C(N)=O)C(Cc1ccc(F)cc1)c1cccc(C#N)c1. The molecule has 0 saturated heterocycles. The molecule has 1 heterocycles. The van der Waals surface area contributed by atoms with Gasteiger partial charge in [0.25, 0.3) is 5.91 Å². The molecule has 5 nitrogen and oxygen atoms in total. The van der Waals surface area contributed by atoms with Gasteiger partial charge in [-0.2, -0.15) is 18.4 Å². The number of nitrogens with two attached hydrogens (primary N) is 1. The fourth-order valence-corrected chi connectivity index (χ4v) is 4.15. The second-order valence-electron chi connectivity index (χ2n) is 8.94. The van der Waals surface area contributed by atoms with Crippen molar-refractivity contribution in [3.8, 4) is 11.9 Å². The molecule has 0 spiro atoms. The summed E-state index contributed by atoms with van der Waals surface area (Å²) in [6, 6.07) is 17.1. The Morgan fingerprint density at radius 1 is 1.14 bits per heavy atom. The number of hydrogen-bond acceptors (Lipinski definition) is 4. The Kier molecular flexibility index (Phi) is 7.98. The van der Waals surface area contributed by atoms with Gasteiger partial charge in [-0.05, 0) is 73.1 Å². The summed E-state index contributed by atoms with van der Waals surface area (Å²) in [7, 11) is 0. The predicted molar refractivity (Wildman–Crippen MR) is 125 cm³/mol. The van der Waals surface area contributed by atoms with Crippen molar-refractivity contribution in [2.75, 3.05) is 0 Å². The zero-order chi connectivity index (χ0) is 26.5. The summed E-state index contributed by atoms with van der Waals surface area (Å²) < 4.78 is 57.8. The molecule has 2 aromatic carbocycles. The van der Waals surface area contributed by atoms with Gasteiger partial charge in [0.05, 0.1) is 17.2 Å². The van der Waals surface area contributed by atoms with Crippen LogP contribution in [0.1, 0.15) is 48.4 Å². The van der Waals surface area contributed by atoms with E-state index in [1.54, 1.807) is 30.3 Å². The average molecular weight is 500 g/mol. The zero-order valence-corrected chi connectivity index (χ0v) is 19.7. The molecule has 3 atom stereocenters. The molecule has 36 heavy (non-hydrogen) atoms. The van der Waals surface area contributed by atoms with Crippen LogP contribution in [0.15, 0.2) is 66.9 Å². The summed E-state index contributed by atoms with van der Waals surface area (Å²) in [5.41, 5.74) is 5.29. The smallest absolute Gasteiger partial charge is 0.417 e. The Bertz CT molecular complexity index is 1240. The fourth-order valence-electron chi connectivity index (χ4n) is 4.15. The number of carbonyl (C=O) groups is 1. The molecule has 0 saturated carbocycles. The lowest BCUT2D eigenvalue weighted by Crippen LogP contribution is -2.48. The number of hydrogen-bond donors (Lipinski definition) is 1. The highest BCUT2D eigenvalue weighted by molar-refractivity contribution is 5.83. The van der Waals surface area contributed by atoms with E-state index in [-0.39, 0.29) is 30.0 Å². The number of primary amides is 1. The molecule has 0 radical (unpaired) electrons. The number of amides is 1. The van der Waals surface area contributed by atoms with Crippen LogP contribution in [0.3, 0.4) is 0 Å². The number of aromatic nitrogens is 1. The van der Waals surface area contributed by atoms with Crippen LogP contribution in [0.2, 0.25) is 0 Å². The van der Waals surface area contributed by atoms with Gasteiger partial charge in [-0.3, -0.25) is 4.79 Å². The molecule has 188 valence electrons. The van der Waals surface area contributed by atoms with Crippen molar-refractivity contribution in [2.24, 2.45) is 11.7 Å². The van der Waals surface area contributed by atoms with E-state index in [4.69, 9.17) is 10.5 Å². The van der Waals surface area contributed by atoms with Gasteiger partial charge in [-0.25, -0.2) is 9.37 Å². The summed E-state index contributed by atoms with van der Waals surface area (Å²) in [6.07, 6.45) is -3.35. The van der Waals surface area contributed by atoms with E-state index in [9.17, 15) is 27.6 Å². The van der Waals surface area contributed by atoms with Crippen molar-refractivity contribution in [3.05, 3.63) is 94.9 Å². The number of nitrogens with zero attached hydrogens (tertiary/aromatic N) is 2. The number of halogens is 4. The summed E-state index contributed by atoms with van der Waals surface area (Å²) in [5, 5.41) is 9.35. The van der Waals surface area contributed by atoms with E-state index in [0.717, 1.165) is 23.3 Å². The topological polar surface area (TPSA) is 89.0 Å². The maximum absolute atomic E-state index is 13.4. The van der Waals surface area contributed by atoms with Crippen molar-refractivity contribution < 1.29 is 27.1 Å². The molecule has 0 aliphatic heterocycles. The van der Waals surface area contributed by atoms with Crippen LogP contribution >= 0.6 is 0 Å². The highest BCUT2D eigenvalue weighted by atomic mass is 19.4. The number of alkyl halides is 3. The minimum absolute atomic E-state index is 0.105. The minimum Gasteiger partial charge on any atom is -0.461 e. The third kappa shape index (κ3) is 6.60. The Hall–Kier alpha value is -3.93.